The van der Waals surface area contributed by atoms with E-state index >= 15 is 0 Å². The van der Waals surface area contributed by atoms with Crippen LogP contribution in [0.2, 0.25) is 0 Å². The smallest absolute Gasteiger partial charge is 0.265 e. The minimum atomic E-state index is -0.475. The second-order valence-electron chi connectivity index (χ2n) is 6.20. The van der Waals surface area contributed by atoms with Crippen LogP contribution >= 0.6 is 11.9 Å². The Morgan fingerprint density at radius 3 is 2.72 bits per heavy atom. The van der Waals surface area contributed by atoms with Crippen molar-refractivity contribution in [2.75, 3.05) is 5.32 Å². The fraction of sp³-hybridized carbons (Fsp3) is 0.105. The second kappa shape index (κ2) is 7.86. The Morgan fingerprint density at radius 1 is 1.24 bits per heavy atom. The molecular formula is C19H16N6O3S. The lowest BCUT2D eigenvalue weighted by molar-refractivity contribution is 0.102. The quantitative estimate of drug-likeness (QED) is 0.482. The number of furan rings is 1. The number of aryl methyl sites for hydroxylation is 1. The standard InChI is InChI=1S/C19H16N6O3S/c1-11-15(17(26)24-13-2-3-14(29-20)22-8-13)16-18(28-11)23-10-25(19(16)27)9-12-4-6-21-7-5-12/h2-8,10H,9,20H2,1H3,(H,24,26). The highest BCUT2D eigenvalue weighted by molar-refractivity contribution is 7.97. The predicted molar refractivity (Wildman–Crippen MR) is 109 cm³/mol. The zero-order valence-electron chi connectivity index (χ0n) is 15.3. The average molecular weight is 408 g/mol. The van der Waals surface area contributed by atoms with Crippen molar-refractivity contribution in [2.24, 2.45) is 5.14 Å². The van der Waals surface area contributed by atoms with Crippen molar-refractivity contribution in [3.8, 4) is 0 Å². The molecule has 0 aliphatic rings. The van der Waals surface area contributed by atoms with E-state index in [0.29, 0.717) is 23.0 Å². The number of anilines is 1. The predicted octanol–water partition coefficient (Wildman–Crippen LogP) is 2.35. The van der Waals surface area contributed by atoms with Crippen LogP contribution in [0.5, 0.6) is 0 Å². The lowest BCUT2D eigenvalue weighted by atomic mass is 10.1. The summed E-state index contributed by atoms with van der Waals surface area (Å²) in [5.41, 5.74) is 1.28. The molecule has 4 heterocycles. The van der Waals surface area contributed by atoms with Gasteiger partial charge < -0.3 is 9.73 Å². The first-order valence-electron chi connectivity index (χ1n) is 8.58. The highest BCUT2D eigenvalue weighted by atomic mass is 32.2. The molecule has 0 radical (unpaired) electrons. The number of nitrogens with one attached hydrogen (secondary N) is 1. The highest BCUT2D eigenvalue weighted by Crippen LogP contribution is 2.22. The monoisotopic (exact) mass is 408 g/mol. The maximum absolute atomic E-state index is 13.0. The molecule has 4 rings (SSSR count). The van der Waals surface area contributed by atoms with Crippen LogP contribution in [0.15, 0.2) is 63.4 Å². The van der Waals surface area contributed by atoms with Gasteiger partial charge in [0.15, 0.2) is 0 Å². The van der Waals surface area contributed by atoms with Crippen LogP contribution in [0.4, 0.5) is 5.69 Å². The zero-order chi connectivity index (χ0) is 20.4. The fourth-order valence-corrected chi connectivity index (χ4v) is 3.19. The Labute approximate surface area is 169 Å². The third-order valence-electron chi connectivity index (χ3n) is 4.30. The first-order chi connectivity index (χ1) is 14.1. The van der Waals surface area contributed by atoms with Crippen LogP contribution in [0.3, 0.4) is 0 Å². The summed E-state index contributed by atoms with van der Waals surface area (Å²) in [6.07, 6.45) is 6.19. The van der Waals surface area contributed by atoms with Gasteiger partial charge in [0.2, 0.25) is 5.71 Å². The molecule has 0 spiro atoms. The largest absolute Gasteiger partial charge is 0.442 e. The van der Waals surface area contributed by atoms with E-state index in [2.05, 4.69) is 20.3 Å². The summed E-state index contributed by atoms with van der Waals surface area (Å²) in [5.74, 6) is -0.164. The molecule has 29 heavy (non-hydrogen) atoms. The van der Waals surface area contributed by atoms with Gasteiger partial charge in [-0.25, -0.2) is 9.97 Å². The van der Waals surface area contributed by atoms with E-state index in [1.54, 1.807) is 43.6 Å². The minimum Gasteiger partial charge on any atom is -0.442 e. The molecule has 0 unspecified atom stereocenters. The molecule has 0 bridgehead atoms. The van der Waals surface area contributed by atoms with Gasteiger partial charge in [0.1, 0.15) is 22.5 Å². The summed E-state index contributed by atoms with van der Waals surface area (Å²) in [5, 5.41) is 8.94. The van der Waals surface area contributed by atoms with Gasteiger partial charge >= 0.3 is 0 Å². The van der Waals surface area contributed by atoms with Gasteiger partial charge in [0, 0.05) is 12.4 Å². The summed E-state index contributed by atoms with van der Waals surface area (Å²) < 4.78 is 6.98. The number of nitrogens with zero attached hydrogens (tertiary/aromatic N) is 4. The maximum atomic E-state index is 13.0. The van der Waals surface area contributed by atoms with E-state index in [1.807, 2.05) is 0 Å². The van der Waals surface area contributed by atoms with E-state index in [4.69, 9.17) is 9.56 Å². The molecule has 4 aromatic heterocycles. The molecular weight excluding hydrogens is 392 g/mol. The van der Waals surface area contributed by atoms with Gasteiger partial charge in [0.05, 0.1) is 24.0 Å². The number of nitrogens with two attached hydrogens (primary N) is 1. The molecule has 0 saturated carbocycles. The Kier molecular flexibility index (Phi) is 5.10. The average Bonchev–Trinajstić information content (AvgIpc) is 3.08. The van der Waals surface area contributed by atoms with Crippen LogP contribution in [0, 0.1) is 6.92 Å². The van der Waals surface area contributed by atoms with Crippen LogP contribution in [0.1, 0.15) is 21.7 Å². The van der Waals surface area contributed by atoms with Crippen molar-refractivity contribution in [1.29, 1.82) is 0 Å². The molecule has 3 N–H and O–H groups in total. The molecule has 0 aliphatic carbocycles. The lowest BCUT2D eigenvalue weighted by Gasteiger charge is -2.06. The second-order valence-corrected chi connectivity index (χ2v) is 6.86. The number of aromatic nitrogens is 4. The third-order valence-corrected chi connectivity index (χ3v) is 4.78. The van der Waals surface area contributed by atoms with Crippen molar-refractivity contribution in [3.63, 3.8) is 0 Å². The number of fused-ring (bicyclic) bond motifs is 1. The van der Waals surface area contributed by atoms with Crippen LogP contribution in [-0.4, -0.2) is 25.4 Å². The van der Waals surface area contributed by atoms with E-state index in [-0.39, 0.29) is 22.2 Å². The number of hydrogen-bond acceptors (Lipinski definition) is 8. The van der Waals surface area contributed by atoms with E-state index in [0.717, 1.165) is 17.5 Å². The van der Waals surface area contributed by atoms with Crippen LogP contribution < -0.4 is 16.0 Å². The summed E-state index contributed by atoms with van der Waals surface area (Å²) in [7, 11) is 0. The molecule has 10 heteroatoms. The van der Waals surface area contributed by atoms with Crippen molar-refractivity contribution in [1.82, 2.24) is 19.5 Å². The summed E-state index contributed by atoms with van der Waals surface area (Å²) >= 11 is 1.01. The van der Waals surface area contributed by atoms with E-state index in [9.17, 15) is 9.59 Å². The Bertz CT molecular complexity index is 1230. The minimum absolute atomic E-state index is 0.122. The molecule has 4 aromatic rings. The number of amides is 1. The van der Waals surface area contributed by atoms with Gasteiger partial charge in [-0.2, -0.15) is 0 Å². The van der Waals surface area contributed by atoms with Crippen molar-refractivity contribution in [3.05, 3.63) is 76.4 Å². The Hall–Kier alpha value is -3.50. The van der Waals surface area contributed by atoms with Crippen LogP contribution in [-0.2, 0) is 6.54 Å². The third kappa shape index (κ3) is 3.75. The first kappa shape index (κ1) is 18.8. The van der Waals surface area contributed by atoms with E-state index < -0.39 is 5.91 Å². The number of carbonyl (C=O) groups is 1. The highest BCUT2D eigenvalue weighted by Gasteiger charge is 2.23. The number of carbonyl (C=O) groups excluding carboxylic acids is 1. The van der Waals surface area contributed by atoms with Gasteiger partial charge in [0.25, 0.3) is 11.5 Å². The Balaban J connectivity index is 1.71. The normalized spacial score (nSPS) is 11.0. The molecule has 1 amide bonds. The van der Waals surface area contributed by atoms with Gasteiger partial charge in [-0.1, -0.05) is 0 Å². The van der Waals surface area contributed by atoms with Crippen molar-refractivity contribution in [2.45, 2.75) is 18.5 Å². The molecule has 0 saturated heterocycles. The van der Waals surface area contributed by atoms with Gasteiger partial charge in [-0.15, -0.1) is 0 Å². The van der Waals surface area contributed by atoms with Crippen molar-refractivity contribution >= 4 is 34.6 Å². The molecule has 0 atom stereocenters. The number of pyridine rings is 2. The van der Waals surface area contributed by atoms with Crippen molar-refractivity contribution < 1.29 is 9.21 Å². The number of rotatable bonds is 5. The van der Waals surface area contributed by atoms with E-state index in [1.165, 1.54) is 17.1 Å². The first-order valence-corrected chi connectivity index (χ1v) is 9.46. The van der Waals surface area contributed by atoms with Gasteiger partial charge in [-0.3, -0.25) is 24.3 Å². The molecule has 9 nitrogen and oxygen atoms in total. The molecule has 0 aliphatic heterocycles. The molecule has 146 valence electrons. The maximum Gasteiger partial charge on any atom is 0.265 e. The lowest BCUT2D eigenvalue weighted by Crippen LogP contribution is -2.23. The summed E-state index contributed by atoms with van der Waals surface area (Å²) in [4.78, 5) is 38.2. The SMILES string of the molecule is Cc1oc2ncn(Cc3ccncc3)c(=O)c2c1C(=O)Nc1ccc(SN)nc1. The fourth-order valence-electron chi connectivity index (χ4n) is 2.93. The summed E-state index contributed by atoms with van der Waals surface area (Å²) in [6, 6.07) is 6.98. The summed E-state index contributed by atoms with van der Waals surface area (Å²) in [6.45, 7) is 1.92. The van der Waals surface area contributed by atoms with Gasteiger partial charge in [-0.05, 0) is 48.7 Å². The molecule has 0 fully saturated rings. The molecule has 0 aromatic carbocycles. The van der Waals surface area contributed by atoms with Crippen LogP contribution in [0.25, 0.3) is 11.1 Å². The topological polar surface area (TPSA) is 129 Å². The zero-order valence-corrected chi connectivity index (χ0v) is 16.1. The number of hydrogen-bond donors (Lipinski definition) is 2. The Morgan fingerprint density at radius 2 is 2.03 bits per heavy atom.